The lowest BCUT2D eigenvalue weighted by molar-refractivity contribution is -0.137. The quantitative estimate of drug-likeness (QED) is 0.704. The van der Waals surface area contributed by atoms with Crippen LogP contribution in [0.3, 0.4) is 0 Å². The van der Waals surface area contributed by atoms with Crippen molar-refractivity contribution in [3.63, 3.8) is 0 Å². The number of halogens is 1. The molecule has 1 atom stereocenters. The van der Waals surface area contributed by atoms with Gasteiger partial charge in [0.2, 0.25) is 11.8 Å². The molecule has 0 radical (unpaired) electrons. The molecule has 10 heteroatoms. The van der Waals surface area contributed by atoms with Crippen LogP contribution in [0, 0.1) is 5.92 Å². The second-order valence-electron chi connectivity index (χ2n) is 7.72. The fourth-order valence-electron chi connectivity index (χ4n) is 4.25. The van der Waals surface area contributed by atoms with Gasteiger partial charge in [0.15, 0.2) is 0 Å². The molecular formula is C19H25ClN4O4S. The van der Waals surface area contributed by atoms with Crippen LogP contribution < -0.4 is 4.90 Å². The highest BCUT2D eigenvalue weighted by Gasteiger charge is 2.40. The first-order valence-electron chi connectivity index (χ1n) is 9.96. The lowest BCUT2D eigenvalue weighted by Crippen LogP contribution is -2.54. The first kappa shape index (κ1) is 20.6. The molecule has 3 saturated heterocycles. The van der Waals surface area contributed by atoms with Crippen LogP contribution >= 0.6 is 11.6 Å². The minimum Gasteiger partial charge on any atom is -0.340 e. The van der Waals surface area contributed by atoms with Crippen molar-refractivity contribution in [3.8, 4) is 0 Å². The molecule has 1 aromatic carbocycles. The third kappa shape index (κ3) is 4.14. The molecule has 0 saturated carbocycles. The molecule has 1 aromatic rings. The summed E-state index contributed by atoms with van der Waals surface area (Å²) in [5.41, 5.74) is 0.694. The second-order valence-corrected chi connectivity index (χ2v) is 10.1. The van der Waals surface area contributed by atoms with Crippen molar-refractivity contribution in [1.82, 2.24) is 13.5 Å². The molecule has 158 valence electrons. The van der Waals surface area contributed by atoms with Crippen LogP contribution in [-0.4, -0.2) is 79.6 Å². The molecule has 0 spiro atoms. The molecule has 4 rings (SSSR count). The fourth-order valence-corrected chi connectivity index (χ4v) is 6.10. The van der Waals surface area contributed by atoms with Crippen molar-refractivity contribution in [2.45, 2.75) is 19.3 Å². The van der Waals surface area contributed by atoms with E-state index in [2.05, 4.69) is 0 Å². The molecule has 3 aliphatic heterocycles. The topological polar surface area (TPSA) is 81.2 Å². The van der Waals surface area contributed by atoms with E-state index in [0.29, 0.717) is 56.5 Å². The molecule has 3 heterocycles. The summed E-state index contributed by atoms with van der Waals surface area (Å²) in [6.07, 6.45) is 1.96. The zero-order valence-corrected chi connectivity index (χ0v) is 17.7. The van der Waals surface area contributed by atoms with E-state index in [1.807, 2.05) is 0 Å². The van der Waals surface area contributed by atoms with Gasteiger partial charge < -0.3 is 9.80 Å². The molecule has 2 amide bonds. The van der Waals surface area contributed by atoms with E-state index < -0.39 is 16.1 Å². The molecule has 8 nitrogen and oxygen atoms in total. The minimum atomic E-state index is -3.43. The Balaban J connectivity index is 1.36. The third-order valence-electron chi connectivity index (χ3n) is 5.86. The number of anilines is 1. The molecule has 0 aromatic heterocycles. The first-order valence-corrected chi connectivity index (χ1v) is 11.7. The van der Waals surface area contributed by atoms with Gasteiger partial charge in [0, 0.05) is 62.9 Å². The third-order valence-corrected chi connectivity index (χ3v) is 8.13. The van der Waals surface area contributed by atoms with E-state index in [9.17, 15) is 18.0 Å². The highest BCUT2D eigenvalue weighted by Crippen LogP contribution is 2.28. The standard InChI is InChI=1S/C19H25ClN4O4S/c20-16-4-3-5-17(13-16)24-14-15(12-18(24)25)19(26)21-8-10-23(11-9-21)29(27,28)22-6-1-2-7-22/h3-5,13,15H,1-2,6-12,14H2. The number of hydrogen-bond acceptors (Lipinski definition) is 4. The first-order chi connectivity index (χ1) is 13.9. The lowest BCUT2D eigenvalue weighted by Gasteiger charge is -2.36. The number of carbonyl (C=O) groups is 2. The predicted molar refractivity (Wildman–Crippen MR) is 110 cm³/mol. The van der Waals surface area contributed by atoms with Crippen LogP contribution in [0.15, 0.2) is 24.3 Å². The Bertz CT molecular complexity index is 895. The van der Waals surface area contributed by atoms with Crippen LogP contribution in [0.4, 0.5) is 5.69 Å². The number of hydrogen-bond donors (Lipinski definition) is 0. The molecule has 0 N–H and O–H groups in total. The molecule has 29 heavy (non-hydrogen) atoms. The maximum Gasteiger partial charge on any atom is 0.282 e. The Morgan fingerprint density at radius 3 is 2.31 bits per heavy atom. The Hall–Kier alpha value is -1.68. The van der Waals surface area contributed by atoms with E-state index in [0.717, 1.165) is 12.8 Å². The zero-order valence-electron chi connectivity index (χ0n) is 16.2. The van der Waals surface area contributed by atoms with Gasteiger partial charge in [-0.1, -0.05) is 17.7 Å². The van der Waals surface area contributed by atoms with Gasteiger partial charge in [-0.25, -0.2) is 0 Å². The van der Waals surface area contributed by atoms with Gasteiger partial charge in [0.1, 0.15) is 0 Å². The van der Waals surface area contributed by atoms with Crippen LogP contribution in [0.1, 0.15) is 19.3 Å². The van der Waals surface area contributed by atoms with E-state index in [4.69, 9.17) is 11.6 Å². The highest BCUT2D eigenvalue weighted by atomic mass is 35.5. The van der Waals surface area contributed by atoms with Gasteiger partial charge in [-0.3, -0.25) is 9.59 Å². The number of amides is 2. The lowest BCUT2D eigenvalue weighted by atomic mass is 10.1. The Morgan fingerprint density at radius 2 is 1.66 bits per heavy atom. The second kappa shape index (κ2) is 8.22. The van der Waals surface area contributed by atoms with Crippen LogP contribution in [0.5, 0.6) is 0 Å². The number of rotatable bonds is 4. The summed E-state index contributed by atoms with van der Waals surface area (Å²) >= 11 is 6.02. The van der Waals surface area contributed by atoms with Crippen molar-refractivity contribution in [2.24, 2.45) is 5.92 Å². The number of benzene rings is 1. The normalized spacial score (nSPS) is 24.4. The van der Waals surface area contributed by atoms with Crippen molar-refractivity contribution >= 4 is 39.3 Å². The summed E-state index contributed by atoms with van der Waals surface area (Å²) < 4.78 is 28.4. The number of piperazine rings is 1. The van der Waals surface area contributed by atoms with Crippen molar-refractivity contribution < 1.29 is 18.0 Å². The zero-order chi connectivity index (χ0) is 20.6. The monoisotopic (exact) mass is 440 g/mol. The van der Waals surface area contributed by atoms with Gasteiger partial charge in [-0.2, -0.15) is 17.0 Å². The molecular weight excluding hydrogens is 416 g/mol. The minimum absolute atomic E-state index is 0.0823. The van der Waals surface area contributed by atoms with Gasteiger partial charge in [-0.05, 0) is 31.0 Å². The van der Waals surface area contributed by atoms with E-state index >= 15 is 0 Å². The summed E-state index contributed by atoms with van der Waals surface area (Å²) in [5.74, 6) is -0.592. The Morgan fingerprint density at radius 1 is 1.00 bits per heavy atom. The molecule has 3 fully saturated rings. The van der Waals surface area contributed by atoms with Crippen molar-refractivity contribution in [3.05, 3.63) is 29.3 Å². The number of carbonyl (C=O) groups excluding carboxylic acids is 2. The summed E-state index contributed by atoms with van der Waals surface area (Å²) in [6.45, 7) is 2.77. The largest absolute Gasteiger partial charge is 0.340 e. The van der Waals surface area contributed by atoms with Crippen LogP contribution in [-0.2, 0) is 19.8 Å². The summed E-state index contributed by atoms with van der Waals surface area (Å²) in [5, 5.41) is 0.542. The maximum absolute atomic E-state index is 12.9. The van der Waals surface area contributed by atoms with Crippen molar-refractivity contribution in [2.75, 3.05) is 50.7 Å². The average Bonchev–Trinajstić information content (AvgIpc) is 3.38. The highest BCUT2D eigenvalue weighted by molar-refractivity contribution is 7.86. The van der Waals surface area contributed by atoms with Gasteiger partial charge in [0.25, 0.3) is 10.2 Å². The van der Waals surface area contributed by atoms with E-state index in [-0.39, 0.29) is 18.2 Å². The summed E-state index contributed by atoms with van der Waals surface area (Å²) in [4.78, 5) is 28.7. The fraction of sp³-hybridized carbons (Fsp3) is 0.579. The van der Waals surface area contributed by atoms with Crippen LogP contribution in [0.2, 0.25) is 5.02 Å². The van der Waals surface area contributed by atoms with E-state index in [1.54, 1.807) is 34.1 Å². The maximum atomic E-state index is 12.9. The Labute approximate surface area is 176 Å². The van der Waals surface area contributed by atoms with Crippen LogP contribution in [0.25, 0.3) is 0 Å². The van der Waals surface area contributed by atoms with E-state index in [1.165, 1.54) is 8.61 Å². The molecule has 0 bridgehead atoms. The smallest absolute Gasteiger partial charge is 0.282 e. The summed E-state index contributed by atoms with van der Waals surface area (Å²) in [7, 11) is -3.43. The summed E-state index contributed by atoms with van der Waals surface area (Å²) in [6, 6.07) is 7.04. The number of nitrogens with zero attached hydrogens (tertiary/aromatic N) is 4. The Kier molecular flexibility index (Phi) is 5.83. The van der Waals surface area contributed by atoms with Crippen molar-refractivity contribution in [1.29, 1.82) is 0 Å². The van der Waals surface area contributed by atoms with Gasteiger partial charge >= 0.3 is 0 Å². The van der Waals surface area contributed by atoms with Gasteiger partial charge in [-0.15, -0.1) is 0 Å². The predicted octanol–water partition coefficient (Wildman–Crippen LogP) is 1.18. The molecule has 1 unspecified atom stereocenters. The SMILES string of the molecule is O=C(C1CC(=O)N(c2cccc(Cl)c2)C1)N1CCN(S(=O)(=O)N2CCCC2)CC1. The molecule has 0 aliphatic carbocycles. The molecule has 3 aliphatic rings. The van der Waals surface area contributed by atoms with Gasteiger partial charge in [0.05, 0.1) is 5.92 Å². The average molecular weight is 441 g/mol.